The molecule has 1 heterocycles. The summed E-state index contributed by atoms with van der Waals surface area (Å²) in [7, 11) is 2.98. The van der Waals surface area contributed by atoms with E-state index in [1.165, 1.54) is 19.1 Å². The van der Waals surface area contributed by atoms with Crippen LogP contribution >= 0.6 is 0 Å². The molecule has 1 amide bonds. The highest BCUT2D eigenvalue weighted by molar-refractivity contribution is 6.12. The highest BCUT2D eigenvalue weighted by Gasteiger charge is 2.51. The minimum Gasteiger partial charge on any atom is -0.493 e. The number of hydrogen-bond donors (Lipinski definition) is 0. The van der Waals surface area contributed by atoms with Crippen LogP contribution in [-0.4, -0.2) is 45.3 Å². The molecular weight excluding hydrogens is 414 g/mol. The van der Waals surface area contributed by atoms with Crippen molar-refractivity contribution >= 4 is 23.5 Å². The lowest BCUT2D eigenvalue weighted by Gasteiger charge is -2.22. The molecule has 1 aliphatic heterocycles. The van der Waals surface area contributed by atoms with Crippen molar-refractivity contribution in [1.29, 1.82) is 0 Å². The van der Waals surface area contributed by atoms with E-state index in [1.54, 1.807) is 26.0 Å². The van der Waals surface area contributed by atoms with Crippen LogP contribution in [0, 0.1) is 5.92 Å². The first-order chi connectivity index (χ1) is 15.5. The van der Waals surface area contributed by atoms with Crippen LogP contribution in [0.1, 0.15) is 30.9 Å². The molecule has 2 aromatic rings. The summed E-state index contributed by atoms with van der Waals surface area (Å²) < 4.78 is 21.3. The second kappa shape index (κ2) is 10.2. The number of nitrogens with zero attached hydrogens (tertiary/aromatic N) is 1. The number of ether oxygens (including phenoxy) is 4. The lowest BCUT2D eigenvalue weighted by Crippen LogP contribution is -2.39. The number of methoxy groups -OCH3 is 2. The summed E-state index contributed by atoms with van der Waals surface area (Å²) in [4.78, 5) is 40.8. The van der Waals surface area contributed by atoms with Crippen molar-refractivity contribution in [3.63, 3.8) is 0 Å². The first kappa shape index (κ1) is 23.1. The van der Waals surface area contributed by atoms with Crippen LogP contribution in [-0.2, 0) is 30.4 Å². The van der Waals surface area contributed by atoms with Crippen molar-refractivity contribution in [2.24, 2.45) is 5.92 Å². The van der Waals surface area contributed by atoms with Crippen LogP contribution < -0.4 is 14.4 Å². The maximum Gasteiger partial charge on any atom is 0.321 e. The summed E-state index contributed by atoms with van der Waals surface area (Å²) in [5.41, 5.74) is 1.82. The SMILES string of the molecule is CCOC(=O)C(C(=O)OCC)C1C(=O)N(Cc2ccccc2)c2c1ccc(OC)c2OC. The fourth-order valence-corrected chi connectivity index (χ4v) is 3.94. The van der Waals surface area contributed by atoms with Crippen LogP contribution in [0.2, 0.25) is 0 Å². The number of amides is 1. The molecule has 1 aliphatic rings. The van der Waals surface area contributed by atoms with Gasteiger partial charge in [-0.25, -0.2) is 0 Å². The van der Waals surface area contributed by atoms with Gasteiger partial charge in [0, 0.05) is 0 Å². The number of anilines is 1. The fraction of sp³-hybridized carbons (Fsp3) is 0.375. The van der Waals surface area contributed by atoms with Gasteiger partial charge in [-0.15, -0.1) is 0 Å². The molecule has 170 valence electrons. The van der Waals surface area contributed by atoms with E-state index in [2.05, 4.69) is 0 Å². The molecule has 3 rings (SSSR count). The van der Waals surface area contributed by atoms with E-state index < -0.39 is 29.7 Å². The van der Waals surface area contributed by atoms with Crippen molar-refractivity contribution < 1.29 is 33.3 Å². The Labute approximate surface area is 187 Å². The number of carbonyl (C=O) groups is 3. The molecule has 2 aromatic carbocycles. The average molecular weight is 441 g/mol. The van der Waals surface area contributed by atoms with Gasteiger partial charge in [0.15, 0.2) is 17.4 Å². The van der Waals surface area contributed by atoms with Crippen molar-refractivity contribution in [2.75, 3.05) is 32.3 Å². The van der Waals surface area contributed by atoms with Crippen molar-refractivity contribution in [1.82, 2.24) is 0 Å². The van der Waals surface area contributed by atoms with E-state index in [4.69, 9.17) is 18.9 Å². The standard InChI is InChI=1S/C24H27NO7/c1-5-31-23(27)19(24(28)32-6-2)18-16-12-13-17(29-3)21(30-4)20(16)25(22(18)26)14-15-10-8-7-9-11-15/h7-13,18-19H,5-6,14H2,1-4H3. The number of rotatable bonds is 9. The van der Waals surface area contributed by atoms with Crippen LogP contribution in [0.15, 0.2) is 42.5 Å². The summed E-state index contributed by atoms with van der Waals surface area (Å²) >= 11 is 0. The molecule has 0 fully saturated rings. The third kappa shape index (κ3) is 4.26. The third-order valence-corrected chi connectivity index (χ3v) is 5.29. The van der Waals surface area contributed by atoms with Crippen LogP contribution in [0.4, 0.5) is 5.69 Å². The van der Waals surface area contributed by atoms with Gasteiger partial charge in [-0.05, 0) is 31.0 Å². The molecule has 0 N–H and O–H groups in total. The predicted molar refractivity (Wildman–Crippen MR) is 117 cm³/mol. The zero-order valence-electron chi connectivity index (χ0n) is 18.6. The molecule has 1 unspecified atom stereocenters. The van der Waals surface area contributed by atoms with Gasteiger partial charge in [0.05, 0.1) is 45.6 Å². The summed E-state index contributed by atoms with van der Waals surface area (Å²) in [5.74, 6) is -3.77. The lowest BCUT2D eigenvalue weighted by atomic mass is 9.86. The van der Waals surface area contributed by atoms with E-state index in [1.807, 2.05) is 30.3 Å². The molecule has 1 atom stereocenters. The van der Waals surface area contributed by atoms with Crippen molar-refractivity contribution in [2.45, 2.75) is 26.3 Å². The van der Waals surface area contributed by atoms with Gasteiger partial charge in [-0.3, -0.25) is 14.4 Å². The Kier molecular flexibility index (Phi) is 7.35. The molecule has 0 saturated carbocycles. The summed E-state index contributed by atoms with van der Waals surface area (Å²) in [5, 5.41) is 0. The van der Waals surface area contributed by atoms with Gasteiger partial charge in [0.1, 0.15) is 0 Å². The monoisotopic (exact) mass is 441 g/mol. The molecule has 32 heavy (non-hydrogen) atoms. The molecule has 8 heteroatoms. The Morgan fingerprint density at radius 1 is 0.938 bits per heavy atom. The second-order valence-electron chi connectivity index (χ2n) is 7.11. The van der Waals surface area contributed by atoms with Crippen molar-refractivity contribution in [3.8, 4) is 11.5 Å². The minimum atomic E-state index is -1.43. The zero-order chi connectivity index (χ0) is 23.3. The number of fused-ring (bicyclic) bond motifs is 1. The first-order valence-corrected chi connectivity index (χ1v) is 10.4. The predicted octanol–water partition coefficient (Wildman–Crippen LogP) is 3.08. The Morgan fingerprint density at radius 2 is 1.56 bits per heavy atom. The van der Waals surface area contributed by atoms with Crippen LogP contribution in [0.5, 0.6) is 11.5 Å². The largest absolute Gasteiger partial charge is 0.493 e. The Hall–Kier alpha value is -3.55. The smallest absolute Gasteiger partial charge is 0.321 e. The quantitative estimate of drug-likeness (QED) is 0.436. The summed E-state index contributed by atoms with van der Waals surface area (Å²) in [6.07, 6.45) is 0. The maximum atomic E-state index is 13.7. The first-order valence-electron chi connectivity index (χ1n) is 10.4. The van der Waals surface area contributed by atoms with E-state index in [0.29, 0.717) is 22.7 Å². The molecule has 0 spiro atoms. The molecule has 0 radical (unpaired) electrons. The number of benzene rings is 2. The highest BCUT2D eigenvalue weighted by atomic mass is 16.6. The van der Waals surface area contributed by atoms with Crippen LogP contribution in [0.25, 0.3) is 0 Å². The Morgan fingerprint density at radius 3 is 2.09 bits per heavy atom. The van der Waals surface area contributed by atoms with Gasteiger partial charge in [0.25, 0.3) is 0 Å². The fourth-order valence-electron chi connectivity index (χ4n) is 3.94. The van der Waals surface area contributed by atoms with Crippen LogP contribution in [0.3, 0.4) is 0 Å². The number of hydrogen-bond acceptors (Lipinski definition) is 7. The lowest BCUT2D eigenvalue weighted by molar-refractivity contribution is -0.164. The Balaban J connectivity index is 2.17. The van der Waals surface area contributed by atoms with E-state index >= 15 is 0 Å². The van der Waals surface area contributed by atoms with E-state index in [9.17, 15) is 14.4 Å². The third-order valence-electron chi connectivity index (χ3n) is 5.29. The Bertz CT molecular complexity index is 971. The minimum absolute atomic E-state index is 0.0716. The summed E-state index contributed by atoms with van der Waals surface area (Å²) in [6.45, 7) is 3.65. The molecule has 0 aromatic heterocycles. The highest BCUT2D eigenvalue weighted by Crippen LogP contribution is 2.51. The second-order valence-corrected chi connectivity index (χ2v) is 7.11. The summed E-state index contributed by atoms with van der Waals surface area (Å²) in [6, 6.07) is 12.7. The topological polar surface area (TPSA) is 91.4 Å². The molecule has 0 bridgehead atoms. The average Bonchev–Trinajstić information content (AvgIpc) is 3.06. The van der Waals surface area contributed by atoms with Crippen molar-refractivity contribution in [3.05, 3.63) is 53.6 Å². The molecule has 0 saturated heterocycles. The van der Waals surface area contributed by atoms with Gasteiger partial charge >= 0.3 is 11.9 Å². The van der Waals surface area contributed by atoms with E-state index in [0.717, 1.165) is 5.56 Å². The van der Waals surface area contributed by atoms with Gasteiger partial charge in [0.2, 0.25) is 5.91 Å². The molecular formula is C24H27NO7. The molecule has 8 nitrogen and oxygen atoms in total. The number of carbonyl (C=O) groups excluding carboxylic acids is 3. The molecule has 0 aliphatic carbocycles. The van der Waals surface area contributed by atoms with E-state index in [-0.39, 0.29) is 19.8 Å². The zero-order valence-corrected chi connectivity index (χ0v) is 18.6. The maximum absolute atomic E-state index is 13.7. The number of esters is 2. The van der Waals surface area contributed by atoms with Gasteiger partial charge in [-0.1, -0.05) is 36.4 Å². The van der Waals surface area contributed by atoms with Gasteiger partial charge in [-0.2, -0.15) is 0 Å². The normalized spacial score (nSPS) is 14.8. The van der Waals surface area contributed by atoms with Gasteiger partial charge < -0.3 is 23.8 Å².